The van der Waals surface area contributed by atoms with E-state index in [2.05, 4.69) is 13.8 Å². The van der Waals surface area contributed by atoms with E-state index in [1.54, 1.807) is 24.1 Å². The molecule has 0 aliphatic carbocycles. The lowest BCUT2D eigenvalue weighted by atomic mass is 10.0. The van der Waals surface area contributed by atoms with Crippen LogP contribution in [-0.4, -0.2) is 30.4 Å². The molecule has 0 aromatic heterocycles. The second-order valence-corrected chi connectivity index (χ2v) is 5.31. The topological polar surface area (TPSA) is 46.3 Å². The summed E-state index contributed by atoms with van der Waals surface area (Å²) in [6.45, 7) is 4.81. The lowest BCUT2D eigenvalue weighted by Crippen LogP contribution is -2.34. The molecule has 1 atom stereocenters. The van der Waals surface area contributed by atoms with E-state index in [0.717, 1.165) is 6.42 Å². The van der Waals surface area contributed by atoms with E-state index < -0.39 is 0 Å². The summed E-state index contributed by atoms with van der Waals surface area (Å²) in [4.78, 5) is 13.8. The fourth-order valence-corrected chi connectivity index (χ4v) is 1.83. The molecule has 0 saturated heterocycles. The third-order valence-corrected chi connectivity index (χ3v) is 3.43. The zero-order valence-corrected chi connectivity index (χ0v) is 11.9. The van der Waals surface area contributed by atoms with Gasteiger partial charge in [-0.25, -0.2) is 0 Å². The summed E-state index contributed by atoms with van der Waals surface area (Å²) in [6.07, 6.45) is 0.796. The van der Waals surface area contributed by atoms with Gasteiger partial charge in [-0.05, 0) is 24.5 Å². The first-order valence-corrected chi connectivity index (χ1v) is 6.57. The monoisotopic (exact) mass is 268 g/mol. The Labute approximate surface area is 114 Å². The Kier molecular flexibility index (Phi) is 5.63. The van der Waals surface area contributed by atoms with Crippen LogP contribution < -0.4 is 5.73 Å². The largest absolute Gasteiger partial charge is 0.342 e. The second kappa shape index (κ2) is 6.76. The maximum Gasteiger partial charge on any atom is 0.255 e. The molecule has 0 heterocycles. The van der Waals surface area contributed by atoms with Gasteiger partial charge in [0.15, 0.2) is 0 Å². The molecule has 0 fully saturated rings. The first-order chi connectivity index (χ1) is 8.43. The minimum atomic E-state index is -0.0587. The van der Waals surface area contributed by atoms with Crippen molar-refractivity contribution >= 4 is 17.5 Å². The van der Waals surface area contributed by atoms with Crippen LogP contribution in [0.3, 0.4) is 0 Å². The van der Waals surface area contributed by atoms with Crippen molar-refractivity contribution in [3.05, 3.63) is 34.9 Å². The zero-order chi connectivity index (χ0) is 13.7. The molecule has 1 aromatic rings. The van der Waals surface area contributed by atoms with Crippen LogP contribution in [0.2, 0.25) is 5.02 Å². The molecule has 4 heteroatoms. The first-order valence-electron chi connectivity index (χ1n) is 6.19. The summed E-state index contributed by atoms with van der Waals surface area (Å²) < 4.78 is 0. The predicted molar refractivity (Wildman–Crippen MR) is 75.8 cm³/mol. The van der Waals surface area contributed by atoms with Gasteiger partial charge in [0, 0.05) is 19.6 Å². The van der Waals surface area contributed by atoms with Crippen molar-refractivity contribution in [1.82, 2.24) is 4.90 Å². The van der Waals surface area contributed by atoms with Gasteiger partial charge in [-0.2, -0.15) is 0 Å². The van der Waals surface area contributed by atoms with Gasteiger partial charge >= 0.3 is 0 Å². The Bertz CT molecular complexity index is 407. The highest BCUT2D eigenvalue weighted by atomic mass is 35.5. The molecule has 0 aliphatic heterocycles. The van der Waals surface area contributed by atoms with Crippen LogP contribution in [0, 0.1) is 5.92 Å². The molecule has 2 N–H and O–H groups in total. The lowest BCUT2D eigenvalue weighted by molar-refractivity contribution is 0.0789. The molecule has 1 unspecified atom stereocenters. The third kappa shape index (κ3) is 4.00. The normalized spacial score (nSPS) is 12.6. The summed E-state index contributed by atoms with van der Waals surface area (Å²) in [5.74, 6) is 0.366. The lowest BCUT2D eigenvalue weighted by Gasteiger charge is -2.22. The Balaban J connectivity index is 2.60. The van der Waals surface area contributed by atoms with Crippen molar-refractivity contribution in [3.63, 3.8) is 0 Å². The highest BCUT2D eigenvalue weighted by Gasteiger charge is 2.16. The fraction of sp³-hybridized carbons (Fsp3) is 0.500. The number of amides is 1. The molecule has 0 aliphatic rings. The molecular weight excluding hydrogens is 248 g/mol. The van der Waals surface area contributed by atoms with Crippen LogP contribution in [0.4, 0.5) is 0 Å². The number of rotatable bonds is 5. The van der Waals surface area contributed by atoms with Gasteiger partial charge in [0.1, 0.15) is 0 Å². The van der Waals surface area contributed by atoms with Crippen molar-refractivity contribution in [1.29, 1.82) is 0 Å². The van der Waals surface area contributed by atoms with E-state index in [-0.39, 0.29) is 11.9 Å². The second-order valence-electron chi connectivity index (χ2n) is 4.90. The van der Waals surface area contributed by atoms with Crippen molar-refractivity contribution < 1.29 is 4.79 Å². The molecule has 1 amide bonds. The quantitative estimate of drug-likeness (QED) is 0.893. The van der Waals surface area contributed by atoms with E-state index in [9.17, 15) is 4.79 Å². The third-order valence-electron chi connectivity index (χ3n) is 3.11. The molecule has 100 valence electrons. The summed E-state index contributed by atoms with van der Waals surface area (Å²) in [5.41, 5.74) is 6.51. The maximum absolute atomic E-state index is 12.1. The van der Waals surface area contributed by atoms with Gasteiger partial charge < -0.3 is 10.6 Å². The number of hydrogen-bond donors (Lipinski definition) is 1. The van der Waals surface area contributed by atoms with Crippen molar-refractivity contribution in [3.8, 4) is 0 Å². The molecule has 0 bridgehead atoms. The summed E-state index contributed by atoms with van der Waals surface area (Å²) >= 11 is 6.00. The smallest absolute Gasteiger partial charge is 0.255 e. The van der Waals surface area contributed by atoms with E-state index in [1.807, 2.05) is 12.1 Å². The van der Waals surface area contributed by atoms with Gasteiger partial charge in [0.25, 0.3) is 5.91 Å². The number of nitrogens with zero attached hydrogens (tertiary/aromatic N) is 1. The number of halogens is 1. The van der Waals surface area contributed by atoms with Crippen LogP contribution >= 0.6 is 11.6 Å². The van der Waals surface area contributed by atoms with E-state index in [0.29, 0.717) is 23.0 Å². The van der Waals surface area contributed by atoms with E-state index in [1.165, 1.54) is 0 Å². The number of carbonyl (C=O) groups excluding carboxylic acids is 1. The Morgan fingerprint density at radius 1 is 1.39 bits per heavy atom. The van der Waals surface area contributed by atoms with Crippen molar-refractivity contribution in [2.75, 3.05) is 13.6 Å². The number of nitrogens with two attached hydrogens (primary N) is 1. The highest BCUT2D eigenvalue weighted by molar-refractivity contribution is 6.33. The molecule has 0 spiro atoms. The SMILES string of the molecule is CC(C)C(N)CCN(C)C(=O)c1ccccc1Cl. The summed E-state index contributed by atoms with van der Waals surface area (Å²) in [6, 6.07) is 7.21. The molecule has 1 aromatic carbocycles. The standard InChI is InChI=1S/C14H21ClN2O/c1-10(2)13(16)8-9-17(3)14(18)11-6-4-5-7-12(11)15/h4-7,10,13H,8-9,16H2,1-3H3. The molecule has 0 radical (unpaired) electrons. The molecule has 3 nitrogen and oxygen atoms in total. The van der Waals surface area contributed by atoms with E-state index in [4.69, 9.17) is 17.3 Å². The first kappa shape index (κ1) is 15.0. The van der Waals surface area contributed by atoms with Gasteiger partial charge in [0.2, 0.25) is 0 Å². The number of carbonyl (C=O) groups is 1. The Morgan fingerprint density at radius 3 is 2.56 bits per heavy atom. The van der Waals surface area contributed by atoms with Crippen LogP contribution in [0.1, 0.15) is 30.6 Å². The molecule has 18 heavy (non-hydrogen) atoms. The van der Waals surface area contributed by atoms with Crippen LogP contribution in [0.25, 0.3) is 0 Å². The van der Waals surface area contributed by atoms with Gasteiger partial charge in [0.05, 0.1) is 10.6 Å². The van der Waals surface area contributed by atoms with Gasteiger partial charge in [-0.15, -0.1) is 0 Å². The van der Waals surface area contributed by atoms with Gasteiger partial charge in [-0.3, -0.25) is 4.79 Å². The van der Waals surface area contributed by atoms with Crippen molar-refractivity contribution in [2.45, 2.75) is 26.3 Å². The Morgan fingerprint density at radius 2 is 2.00 bits per heavy atom. The maximum atomic E-state index is 12.1. The Hall–Kier alpha value is -1.06. The van der Waals surface area contributed by atoms with E-state index >= 15 is 0 Å². The van der Waals surface area contributed by atoms with Gasteiger partial charge in [-0.1, -0.05) is 37.6 Å². The van der Waals surface area contributed by atoms with Crippen LogP contribution in [0.15, 0.2) is 24.3 Å². The summed E-state index contributed by atoms with van der Waals surface area (Å²) in [7, 11) is 1.78. The minimum absolute atomic E-state index is 0.0587. The predicted octanol–water partition coefficient (Wildman–Crippen LogP) is 2.79. The molecular formula is C14H21ClN2O. The number of hydrogen-bond acceptors (Lipinski definition) is 2. The minimum Gasteiger partial charge on any atom is -0.342 e. The fourth-order valence-electron chi connectivity index (χ4n) is 1.62. The van der Waals surface area contributed by atoms with Crippen molar-refractivity contribution in [2.24, 2.45) is 11.7 Å². The number of benzene rings is 1. The average Bonchev–Trinajstić information content (AvgIpc) is 2.35. The summed E-state index contributed by atoms with van der Waals surface area (Å²) in [5, 5.41) is 0.488. The molecule has 1 rings (SSSR count). The zero-order valence-electron chi connectivity index (χ0n) is 11.2. The van der Waals surface area contributed by atoms with Crippen LogP contribution in [-0.2, 0) is 0 Å². The highest BCUT2D eigenvalue weighted by Crippen LogP contribution is 2.17. The van der Waals surface area contributed by atoms with Crippen LogP contribution in [0.5, 0.6) is 0 Å². The average molecular weight is 269 g/mol. The molecule has 0 saturated carbocycles.